The van der Waals surface area contributed by atoms with Gasteiger partial charge in [-0.2, -0.15) is 0 Å². The fourth-order valence-electron chi connectivity index (χ4n) is 11.9. The molecule has 19 heteroatoms. The summed E-state index contributed by atoms with van der Waals surface area (Å²) in [5.74, 6) is 0.288. The Labute approximate surface area is 594 Å². The quantitative estimate of drug-likeness (QED) is 0.0222. The Kier molecular flexibility index (Phi) is 67.1. The number of aliphatic hydroxyl groups is 1. The van der Waals surface area contributed by atoms with Crippen LogP contribution in [-0.4, -0.2) is 96.7 Å². The molecule has 0 aromatic heterocycles. The number of phosphoric acid groups is 2. The van der Waals surface area contributed by atoms with E-state index in [-0.39, 0.29) is 25.7 Å². The van der Waals surface area contributed by atoms with Crippen LogP contribution in [0.2, 0.25) is 0 Å². The van der Waals surface area contributed by atoms with Gasteiger partial charge in [0, 0.05) is 25.7 Å². The highest BCUT2D eigenvalue weighted by molar-refractivity contribution is 7.47. The molecule has 576 valence electrons. The maximum Gasteiger partial charge on any atom is 0.472 e. The molecule has 0 spiro atoms. The monoisotopic (exact) mass is 1420 g/mol. The Balaban J connectivity index is 5.22. The molecule has 0 radical (unpaired) electrons. The van der Waals surface area contributed by atoms with E-state index in [0.29, 0.717) is 25.7 Å². The minimum absolute atomic E-state index is 0.106. The summed E-state index contributed by atoms with van der Waals surface area (Å²) in [5.41, 5.74) is 0. The molecule has 97 heavy (non-hydrogen) atoms. The van der Waals surface area contributed by atoms with Crippen LogP contribution in [0.15, 0.2) is 0 Å². The van der Waals surface area contributed by atoms with E-state index >= 15 is 0 Å². The number of carbonyl (C=O) groups is 4. The molecule has 0 saturated heterocycles. The predicted octanol–water partition coefficient (Wildman–Crippen LogP) is 23.0. The number of esters is 4. The smallest absolute Gasteiger partial charge is 0.462 e. The summed E-state index contributed by atoms with van der Waals surface area (Å²) in [6.07, 6.45) is 55.4. The molecule has 0 heterocycles. The van der Waals surface area contributed by atoms with E-state index in [1.54, 1.807) is 0 Å². The zero-order valence-corrected chi connectivity index (χ0v) is 65.3. The molecule has 0 bridgehead atoms. The van der Waals surface area contributed by atoms with Crippen LogP contribution in [-0.2, 0) is 65.4 Å². The van der Waals surface area contributed by atoms with Crippen LogP contribution in [0.5, 0.6) is 0 Å². The Morgan fingerprint density at radius 1 is 0.299 bits per heavy atom. The molecule has 6 atom stereocenters. The van der Waals surface area contributed by atoms with Crippen molar-refractivity contribution in [3.05, 3.63) is 0 Å². The van der Waals surface area contributed by atoms with Crippen molar-refractivity contribution >= 4 is 39.5 Å². The van der Waals surface area contributed by atoms with Crippen molar-refractivity contribution in [2.45, 2.75) is 420 Å². The van der Waals surface area contributed by atoms with Gasteiger partial charge >= 0.3 is 39.5 Å². The molecule has 0 aliphatic rings. The summed E-state index contributed by atoms with van der Waals surface area (Å²) in [5, 5.41) is 10.6. The number of hydrogen-bond donors (Lipinski definition) is 3. The topological polar surface area (TPSA) is 237 Å². The number of hydrogen-bond acceptors (Lipinski definition) is 15. The number of carbonyl (C=O) groups excluding carboxylic acids is 4. The van der Waals surface area contributed by atoms with Crippen molar-refractivity contribution in [3.8, 4) is 0 Å². The van der Waals surface area contributed by atoms with Gasteiger partial charge in [0.25, 0.3) is 0 Å². The lowest BCUT2D eigenvalue weighted by atomic mass is 9.99. The largest absolute Gasteiger partial charge is 0.472 e. The van der Waals surface area contributed by atoms with Crippen LogP contribution in [0.25, 0.3) is 0 Å². The first-order valence-electron chi connectivity index (χ1n) is 40.4. The van der Waals surface area contributed by atoms with Crippen molar-refractivity contribution in [2.75, 3.05) is 39.6 Å². The molecule has 0 rings (SSSR count). The van der Waals surface area contributed by atoms with E-state index in [1.165, 1.54) is 205 Å². The molecular weight excluding hydrogens is 1270 g/mol. The third kappa shape index (κ3) is 70.9. The average Bonchev–Trinajstić information content (AvgIpc) is 2.13. The van der Waals surface area contributed by atoms with Gasteiger partial charge in [0.1, 0.15) is 19.3 Å². The second kappa shape index (κ2) is 68.5. The molecule has 0 aromatic rings. The maximum atomic E-state index is 13.1. The predicted molar refractivity (Wildman–Crippen MR) is 395 cm³/mol. The van der Waals surface area contributed by atoms with Gasteiger partial charge in [0.2, 0.25) is 0 Å². The second-order valence-electron chi connectivity index (χ2n) is 29.3. The van der Waals surface area contributed by atoms with Crippen molar-refractivity contribution in [3.63, 3.8) is 0 Å². The summed E-state index contributed by atoms with van der Waals surface area (Å²) in [7, 11) is -9.91. The molecule has 3 unspecified atom stereocenters. The van der Waals surface area contributed by atoms with E-state index < -0.39 is 97.5 Å². The standard InChI is InChI=1S/C78H152O17P2/c1-8-10-11-12-13-38-45-52-59-75(80)88-65-73(94-78(83)62-55-48-41-34-28-27-31-37-44-51-58-71(7)9-2)67-92-96(84,85)90-63-72(79)64-91-97(86,87)93-68-74(66-89-76(81)60-53-46-39-32-25-21-18-17-20-24-30-36-43-50-57-70(5)6)95-77(82)61-54-47-40-33-26-22-16-14-15-19-23-29-35-42-49-56-69(3)4/h69-74,79H,8-68H2,1-7H3,(H,84,85)(H,86,87)/t71?,72-,73+,74+/m0/s1. The molecular formula is C78H152O17P2. The van der Waals surface area contributed by atoms with Gasteiger partial charge < -0.3 is 33.8 Å². The Hall–Kier alpha value is -1.94. The second-order valence-corrected chi connectivity index (χ2v) is 32.2. The summed E-state index contributed by atoms with van der Waals surface area (Å²) in [6, 6.07) is 0. The van der Waals surface area contributed by atoms with E-state index in [2.05, 4.69) is 48.5 Å². The number of rotatable bonds is 76. The molecule has 17 nitrogen and oxygen atoms in total. The molecule has 0 amide bonds. The summed E-state index contributed by atoms with van der Waals surface area (Å²) in [4.78, 5) is 72.8. The number of aliphatic hydroxyl groups excluding tert-OH is 1. The third-order valence-electron chi connectivity index (χ3n) is 18.5. The first kappa shape index (κ1) is 95.1. The first-order valence-corrected chi connectivity index (χ1v) is 43.4. The van der Waals surface area contributed by atoms with E-state index in [9.17, 15) is 43.2 Å². The minimum Gasteiger partial charge on any atom is -0.462 e. The first-order chi connectivity index (χ1) is 46.8. The lowest BCUT2D eigenvalue weighted by molar-refractivity contribution is -0.161. The number of ether oxygens (including phenoxy) is 4. The molecule has 0 aliphatic heterocycles. The molecule has 0 aromatic carbocycles. The van der Waals surface area contributed by atoms with Gasteiger partial charge in [-0.15, -0.1) is 0 Å². The van der Waals surface area contributed by atoms with Crippen LogP contribution < -0.4 is 0 Å². The van der Waals surface area contributed by atoms with Gasteiger partial charge in [0.05, 0.1) is 26.4 Å². The fraction of sp³-hybridized carbons (Fsp3) is 0.949. The van der Waals surface area contributed by atoms with E-state index in [0.717, 1.165) is 114 Å². The zero-order chi connectivity index (χ0) is 71.6. The third-order valence-corrected chi connectivity index (χ3v) is 20.4. The lowest BCUT2D eigenvalue weighted by Crippen LogP contribution is -2.30. The Morgan fingerprint density at radius 2 is 0.526 bits per heavy atom. The van der Waals surface area contributed by atoms with Crippen LogP contribution in [0.3, 0.4) is 0 Å². The highest BCUT2D eigenvalue weighted by Gasteiger charge is 2.30. The number of unbranched alkanes of at least 4 members (excludes halogenated alkanes) is 43. The summed E-state index contributed by atoms with van der Waals surface area (Å²) < 4.78 is 68.6. The van der Waals surface area contributed by atoms with Gasteiger partial charge in [-0.25, -0.2) is 9.13 Å². The highest BCUT2D eigenvalue weighted by Crippen LogP contribution is 2.45. The molecule has 0 aliphatic carbocycles. The van der Waals surface area contributed by atoms with Gasteiger partial charge in [-0.05, 0) is 43.4 Å². The summed E-state index contributed by atoms with van der Waals surface area (Å²) in [6.45, 7) is 12.0. The van der Waals surface area contributed by atoms with Gasteiger partial charge in [0.15, 0.2) is 12.2 Å². The van der Waals surface area contributed by atoms with Crippen LogP contribution in [0.4, 0.5) is 0 Å². The van der Waals surface area contributed by atoms with Crippen LogP contribution in [0.1, 0.15) is 402 Å². The van der Waals surface area contributed by atoms with Crippen molar-refractivity contribution in [1.29, 1.82) is 0 Å². The van der Waals surface area contributed by atoms with E-state index in [4.69, 9.17) is 37.0 Å². The van der Waals surface area contributed by atoms with Crippen LogP contribution >= 0.6 is 15.6 Å². The molecule has 0 fully saturated rings. The van der Waals surface area contributed by atoms with Crippen molar-refractivity contribution in [2.24, 2.45) is 17.8 Å². The molecule has 0 saturated carbocycles. The maximum absolute atomic E-state index is 13.1. The Bertz CT molecular complexity index is 1890. The Morgan fingerprint density at radius 3 is 0.784 bits per heavy atom. The average molecular weight is 1420 g/mol. The van der Waals surface area contributed by atoms with E-state index in [1.807, 2.05) is 0 Å². The minimum atomic E-state index is -4.96. The van der Waals surface area contributed by atoms with Gasteiger partial charge in [-0.1, -0.05) is 350 Å². The normalized spacial score (nSPS) is 14.3. The fourth-order valence-corrected chi connectivity index (χ4v) is 13.5. The zero-order valence-electron chi connectivity index (χ0n) is 63.5. The van der Waals surface area contributed by atoms with Crippen molar-refractivity contribution in [1.82, 2.24) is 0 Å². The highest BCUT2D eigenvalue weighted by atomic mass is 31.2. The summed E-state index contributed by atoms with van der Waals surface area (Å²) >= 11 is 0. The lowest BCUT2D eigenvalue weighted by Gasteiger charge is -2.21. The molecule has 3 N–H and O–H groups in total. The SMILES string of the molecule is CCCCCCCCCCC(=O)OC[C@H](COP(=O)(O)OC[C@H](O)COP(=O)(O)OC[C@@H](COC(=O)CCCCCCCCCCCCCCCCC(C)C)OC(=O)CCCCCCCCCCCCCCCCCC(C)C)OC(=O)CCCCCCCCCCCCC(C)CC. The van der Waals surface area contributed by atoms with Crippen LogP contribution in [0, 0.1) is 17.8 Å². The number of phosphoric ester groups is 2. The van der Waals surface area contributed by atoms with Crippen molar-refractivity contribution < 1.29 is 80.2 Å². The van der Waals surface area contributed by atoms with Gasteiger partial charge in [-0.3, -0.25) is 37.3 Å².